The van der Waals surface area contributed by atoms with Crippen LogP contribution in [0.2, 0.25) is 5.02 Å². The minimum Gasteiger partial charge on any atom is -0.457 e. The number of hydrogen-bond acceptors (Lipinski definition) is 3. The topological polar surface area (TPSA) is 38.8 Å². The Morgan fingerprint density at radius 3 is 2.23 bits per heavy atom. The highest BCUT2D eigenvalue weighted by atomic mass is 35.5. The fourth-order valence-electron chi connectivity index (χ4n) is 3.19. The molecule has 1 amide bonds. The number of halogens is 4. The fraction of sp³-hybridized carbons (Fsp3) is 0.136. The van der Waals surface area contributed by atoms with Gasteiger partial charge in [0, 0.05) is 10.7 Å². The van der Waals surface area contributed by atoms with Crippen LogP contribution in [0.15, 0.2) is 72.8 Å². The molecule has 0 radical (unpaired) electrons. The van der Waals surface area contributed by atoms with Crippen molar-refractivity contribution in [3.05, 3.63) is 88.9 Å². The largest absolute Gasteiger partial charge is 0.457 e. The van der Waals surface area contributed by atoms with E-state index in [-0.39, 0.29) is 6.61 Å². The Morgan fingerprint density at radius 2 is 1.60 bits per heavy atom. The number of cyclic esters (lactones) is 1. The molecule has 1 aliphatic heterocycles. The van der Waals surface area contributed by atoms with Crippen molar-refractivity contribution in [1.29, 1.82) is 0 Å². The Labute approximate surface area is 175 Å². The highest BCUT2D eigenvalue weighted by molar-refractivity contribution is 6.30. The first-order chi connectivity index (χ1) is 14.3. The van der Waals surface area contributed by atoms with Gasteiger partial charge in [-0.15, -0.1) is 0 Å². The summed E-state index contributed by atoms with van der Waals surface area (Å²) in [5.41, 5.74) is 0.0616. The second-order valence-corrected chi connectivity index (χ2v) is 7.07. The van der Waals surface area contributed by atoms with Gasteiger partial charge in [-0.1, -0.05) is 23.7 Å². The number of carbonyl (C=O) groups excluding carboxylic acids is 1. The second-order valence-electron chi connectivity index (χ2n) is 6.64. The molecule has 0 spiro atoms. The van der Waals surface area contributed by atoms with E-state index in [1.54, 1.807) is 54.6 Å². The van der Waals surface area contributed by atoms with Crippen LogP contribution in [0.4, 0.5) is 23.7 Å². The number of alkyl halides is 3. The van der Waals surface area contributed by atoms with Crippen LogP contribution in [0.3, 0.4) is 0 Å². The van der Waals surface area contributed by atoms with E-state index in [9.17, 15) is 18.0 Å². The smallest absolute Gasteiger partial charge is 0.416 e. The van der Waals surface area contributed by atoms with E-state index in [0.29, 0.717) is 27.8 Å². The monoisotopic (exact) mass is 433 g/mol. The van der Waals surface area contributed by atoms with Gasteiger partial charge in [-0.05, 0) is 66.2 Å². The summed E-state index contributed by atoms with van der Waals surface area (Å²) in [5.74, 6) is 1.12. The third kappa shape index (κ3) is 4.21. The zero-order chi connectivity index (χ0) is 21.3. The maximum absolute atomic E-state index is 13.1. The van der Waals surface area contributed by atoms with Crippen LogP contribution >= 0.6 is 11.6 Å². The number of nitrogens with zero attached hydrogens (tertiary/aromatic N) is 1. The first-order valence-electron chi connectivity index (χ1n) is 8.98. The summed E-state index contributed by atoms with van der Waals surface area (Å²) in [6.45, 7) is -0.0385. The van der Waals surface area contributed by atoms with Crippen LogP contribution in [0.25, 0.3) is 0 Å². The zero-order valence-corrected chi connectivity index (χ0v) is 16.2. The molecule has 0 bridgehead atoms. The maximum atomic E-state index is 13.1. The van der Waals surface area contributed by atoms with Gasteiger partial charge in [-0.25, -0.2) is 4.79 Å². The number of anilines is 1. The molecule has 1 heterocycles. The van der Waals surface area contributed by atoms with Crippen molar-refractivity contribution in [3.8, 4) is 11.5 Å². The normalized spacial score (nSPS) is 16.5. The predicted octanol–water partition coefficient (Wildman–Crippen LogP) is 6.85. The van der Waals surface area contributed by atoms with Crippen molar-refractivity contribution in [3.63, 3.8) is 0 Å². The Balaban J connectivity index is 1.57. The molecule has 8 heteroatoms. The molecule has 0 saturated carbocycles. The summed E-state index contributed by atoms with van der Waals surface area (Å²) < 4.78 is 50.0. The molecule has 30 heavy (non-hydrogen) atoms. The van der Waals surface area contributed by atoms with E-state index in [4.69, 9.17) is 21.1 Å². The van der Waals surface area contributed by atoms with Gasteiger partial charge in [-0.3, -0.25) is 4.90 Å². The van der Waals surface area contributed by atoms with Crippen LogP contribution in [-0.4, -0.2) is 12.7 Å². The van der Waals surface area contributed by atoms with Crippen LogP contribution in [-0.2, 0) is 10.9 Å². The first-order valence-corrected chi connectivity index (χ1v) is 9.36. The molecule has 0 aromatic heterocycles. The van der Waals surface area contributed by atoms with Crippen molar-refractivity contribution in [1.82, 2.24) is 0 Å². The first kappa shape index (κ1) is 20.1. The van der Waals surface area contributed by atoms with Crippen molar-refractivity contribution < 1.29 is 27.4 Å². The number of hydrogen-bond donors (Lipinski definition) is 0. The Kier molecular flexibility index (Phi) is 5.30. The molecular weight excluding hydrogens is 419 g/mol. The number of ether oxygens (including phenoxy) is 2. The van der Waals surface area contributed by atoms with Gasteiger partial charge in [0.2, 0.25) is 0 Å². The van der Waals surface area contributed by atoms with Crippen molar-refractivity contribution in [2.45, 2.75) is 12.2 Å². The summed E-state index contributed by atoms with van der Waals surface area (Å²) in [4.78, 5) is 13.6. The number of carbonyl (C=O) groups is 1. The highest BCUT2D eigenvalue weighted by Crippen LogP contribution is 2.37. The molecular formula is C22H15ClF3NO3. The average molecular weight is 434 g/mol. The molecule has 0 aliphatic carbocycles. The third-order valence-corrected chi connectivity index (χ3v) is 4.89. The molecule has 1 saturated heterocycles. The molecule has 3 aromatic rings. The fourth-order valence-corrected chi connectivity index (χ4v) is 3.31. The number of amides is 1. The van der Waals surface area contributed by atoms with Gasteiger partial charge in [-0.2, -0.15) is 13.2 Å². The molecule has 1 fully saturated rings. The van der Waals surface area contributed by atoms with Gasteiger partial charge < -0.3 is 9.47 Å². The van der Waals surface area contributed by atoms with Crippen LogP contribution in [0.1, 0.15) is 17.2 Å². The quantitative estimate of drug-likeness (QED) is 0.451. The van der Waals surface area contributed by atoms with Gasteiger partial charge >= 0.3 is 12.3 Å². The van der Waals surface area contributed by atoms with Crippen molar-refractivity contribution >= 4 is 23.4 Å². The van der Waals surface area contributed by atoms with E-state index < -0.39 is 23.9 Å². The van der Waals surface area contributed by atoms with Gasteiger partial charge in [0.15, 0.2) is 0 Å². The van der Waals surface area contributed by atoms with Crippen molar-refractivity contribution in [2.75, 3.05) is 11.5 Å². The lowest BCUT2D eigenvalue weighted by molar-refractivity contribution is -0.137. The summed E-state index contributed by atoms with van der Waals surface area (Å²) >= 11 is 5.85. The average Bonchev–Trinajstić information content (AvgIpc) is 3.11. The molecule has 0 N–H and O–H groups in total. The number of rotatable bonds is 4. The van der Waals surface area contributed by atoms with E-state index in [0.717, 1.165) is 12.1 Å². The molecule has 1 aliphatic rings. The SMILES string of the molecule is O=C1OCC(c2cccc(C(F)(F)F)c2)N1c1ccc(Oc2ccc(Cl)cc2)cc1. The lowest BCUT2D eigenvalue weighted by Crippen LogP contribution is -2.27. The molecule has 154 valence electrons. The summed E-state index contributed by atoms with van der Waals surface area (Å²) in [6.07, 6.45) is -5.09. The Hall–Kier alpha value is -3.19. The lowest BCUT2D eigenvalue weighted by Gasteiger charge is -2.22. The molecule has 4 nitrogen and oxygen atoms in total. The van der Waals surface area contributed by atoms with Crippen LogP contribution < -0.4 is 9.64 Å². The third-order valence-electron chi connectivity index (χ3n) is 4.64. The minimum atomic E-state index is -4.47. The Morgan fingerprint density at radius 1 is 0.967 bits per heavy atom. The summed E-state index contributed by atoms with van der Waals surface area (Å²) in [7, 11) is 0. The van der Waals surface area contributed by atoms with E-state index in [2.05, 4.69) is 0 Å². The Bertz CT molecular complexity index is 1050. The predicted molar refractivity (Wildman–Crippen MR) is 106 cm³/mol. The highest BCUT2D eigenvalue weighted by Gasteiger charge is 2.37. The van der Waals surface area contributed by atoms with Crippen LogP contribution in [0.5, 0.6) is 11.5 Å². The molecule has 1 atom stereocenters. The maximum Gasteiger partial charge on any atom is 0.416 e. The lowest BCUT2D eigenvalue weighted by atomic mass is 10.0. The minimum absolute atomic E-state index is 0.0385. The second kappa shape index (κ2) is 7.91. The summed E-state index contributed by atoms with van der Waals surface area (Å²) in [5, 5.41) is 0.589. The zero-order valence-electron chi connectivity index (χ0n) is 15.4. The summed E-state index contributed by atoms with van der Waals surface area (Å²) in [6, 6.07) is 17.7. The standard InChI is InChI=1S/C22H15ClF3NO3/c23-16-4-8-18(9-5-16)30-19-10-6-17(7-11-19)27-20(13-29-21(27)28)14-2-1-3-15(12-14)22(24,25)26/h1-12,20H,13H2. The molecule has 1 unspecified atom stereocenters. The van der Waals surface area contributed by atoms with Gasteiger partial charge in [0.25, 0.3) is 0 Å². The number of benzene rings is 3. The van der Waals surface area contributed by atoms with Crippen molar-refractivity contribution in [2.24, 2.45) is 0 Å². The van der Waals surface area contributed by atoms with Gasteiger partial charge in [0.05, 0.1) is 11.6 Å². The van der Waals surface area contributed by atoms with Gasteiger partial charge in [0.1, 0.15) is 18.1 Å². The van der Waals surface area contributed by atoms with E-state index in [1.165, 1.54) is 11.0 Å². The molecule has 4 rings (SSSR count). The molecule has 3 aromatic carbocycles. The van der Waals surface area contributed by atoms with E-state index >= 15 is 0 Å². The van der Waals surface area contributed by atoms with Crippen LogP contribution in [0, 0.1) is 0 Å². The van der Waals surface area contributed by atoms with E-state index in [1.807, 2.05) is 0 Å².